The summed E-state index contributed by atoms with van der Waals surface area (Å²) in [5, 5.41) is 0. The molecule has 2 rings (SSSR count). The van der Waals surface area contributed by atoms with E-state index in [-0.39, 0.29) is 16.9 Å². The molecule has 8 heteroatoms. The van der Waals surface area contributed by atoms with Gasteiger partial charge in [0.15, 0.2) is 11.5 Å². The van der Waals surface area contributed by atoms with Crippen LogP contribution in [0.15, 0.2) is 30.3 Å². The number of carbonyl (C=O) groups is 2. The molecule has 2 N–H and O–H groups in total. The second-order valence-electron chi connectivity index (χ2n) is 5.03. The van der Waals surface area contributed by atoms with Crippen LogP contribution in [0.4, 0.5) is 0 Å². The number of benzene rings is 2. The van der Waals surface area contributed by atoms with Gasteiger partial charge in [0, 0.05) is 6.07 Å². The maximum atomic E-state index is 12.6. The third kappa shape index (κ3) is 3.80. The van der Waals surface area contributed by atoms with Gasteiger partial charge in [0.2, 0.25) is 5.75 Å². The van der Waals surface area contributed by atoms with Crippen molar-refractivity contribution in [3.8, 4) is 28.7 Å². The lowest BCUT2D eigenvalue weighted by Gasteiger charge is -2.14. The molecule has 0 saturated carbocycles. The highest BCUT2D eigenvalue weighted by molar-refractivity contribution is 5.98. The number of esters is 1. The first-order valence-electron chi connectivity index (χ1n) is 7.45. The van der Waals surface area contributed by atoms with E-state index in [4.69, 9.17) is 29.4 Å². The quantitative estimate of drug-likeness (QED) is 0.594. The Kier molecular flexibility index (Phi) is 5.90. The van der Waals surface area contributed by atoms with Gasteiger partial charge in [-0.05, 0) is 24.3 Å². The minimum atomic E-state index is -0.736. The van der Waals surface area contributed by atoms with Crippen molar-refractivity contribution < 1.29 is 33.3 Å². The Morgan fingerprint density at radius 1 is 0.808 bits per heavy atom. The van der Waals surface area contributed by atoms with Crippen molar-refractivity contribution in [3.05, 3.63) is 41.5 Å². The molecule has 26 heavy (non-hydrogen) atoms. The highest BCUT2D eigenvalue weighted by atomic mass is 16.5. The molecule has 0 aromatic heterocycles. The second-order valence-corrected chi connectivity index (χ2v) is 5.03. The lowest BCUT2D eigenvalue weighted by Crippen LogP contribution is -2.16. The summed E-state index contributed by atoms with van der Waals surface area (Å²) in [5.41, 5.74) is 5.51. The first-order chi connectivity index (χ1) is 12.4. The first-order valence-corrected chi connectivity index (χ1v) is 7.45. The molecule has 0 radical (unpaired) electrons. The van der Waals surface area contributed by atoms with Crippen LogP contribution >= 0.6 is 0 Å². The SMILES string of the molecule is COc1ccc(C(N)=O)c(OC(=O)c2cc(OC)c(OC)c(OC)c2)c1. The summed E-state index contributed by atoms with van der Waals surface area (Å²) < 4.78 is 26.1. The molecule has 0 saturated heterocycles. The van der Waals surface area contributed by atoms with Crippen molar-refractivity contribution in [1.29, 1.82) is 0 Å². The van der Waals surface area contributed by atoms with Crippen LogP contribution in [-0.2, 0) is 0 Å². The van der Waals surface area contributed by atoms with Crippen molar-refractivity contribution in [1.82, 2.24) is 0 Å². The van der Waals surface area contributed by atoms with Crippen LogP contribution in [0.25, 0.3) is 0 Å². The Labute approximate surface area is 150 Å². The zero-order valence-electron chi connectivity index (χ0n) is 14.8. The molecule has 0 heterocycles. The molecule has 0 fully saturated rings. The predicted octanol–water partition coefficient (Wildman–Crippen LogP) is 2.04. The number of hydrogen-bond donors (Lipinski definition) is 1. The van der Waals surface area contributed by atoms with Crippen molar-refractivity contribution in [2.45, 2.75) is 0 Å². The van der Waals surface area contributed by atoms with E-state index < -0.39 is 11.9 Å². The zero-order chi connectivity index (χ0) is 19.3. The van der Waals surface area contributed by atoms with Gasteiger partial charge in [-0.2, -0.15) is 0 Å². The summed E-state index contributed by atoms with van der Waals surface area (Å²) in [7, 11) is 5.76. The van der Waals surface area contributed by atoms with E-state index in [1.807, 2.05) is 0 Å². The molecule has 2 aromatic carbocycles. The average molecular weight is 361 g/mol. The van der Waals surface area contributed by atoms with Gasteiger partial charge in [-0.1, -0.05) is 0 Å². The number of primary amides is 1. The lowest BCUT2D eigenvalue weighted by molar-refractivity contribution is 0.0731. The Balaban J connectivity index is 2.43. The van der Waals surface area contributed by atoms with E-state index in [0.717, 1.165) is 0 Å². The summed E-state index contributed by atoms with van der Waals surface area (Å²) >= 11 is 0. The van der Waals surface area contributed by atoms with Crippen molar-refractivity contribution in [2.24, 2.45) is 5.73 Å². The fraction of sp³-hybridized carbons (Fsp3) is 0.222. The molecule has 2 aromatic rings. The van der Waals surface area contributed by atoms with Crippen molar-refractivity contribution in [2.75, 3.05) is 28.4 Å². The highest BCUT2D eigenvalue weighted by Gasteiger charge is 2.20. The maximum Gasteiger partial charge on any atom is 0.343 e. The number of methoxy groups -OCH3 is 4. The largest absolute Gasteiger partial charge is 0.497 e. The van der Waals surface area contributed by atoms with Crippen LogP contribution in [0.3, 0.4) is 0 Å². The van der Waals surface area contributed by atoms with Gasteiger partial charge in [-0.3, -0.25) is 4.79 Å². The zero-order valence-corrected chi connectivity index (χ0v) is 14.8. The molecular formula is C18H19NO7. The molecule has 1 amide bonds. The van der Waals surface area contributed by atoms with E-state index in [2.05, 4.69) is 0 Å². The molecule has 0 unspecified atom stereocenters. The Hall–Kier alpha value is -3.42. The van der Waals surface area contributed by atoms with Gasteiger partial charge in [-0.25, -0.2) is 4.79 Å². The van der Waals surface area contributed by atoms with E-state index in [0.29, 0.717) is 23.0 Å². The highest BCUT2D eigenvalue weighted by Crippen LogP contribution is 2.38. The van der Waals surface area contributed by atoms with Crippen LogP contribution < -0.4 is 29.4 Å². The first kappa shape index (κ1) is 18.9. The van der Waals surface area contributed by atoms with Crippen LogP contribution in [0.1, 0.15) is 20.7 Å². The molecule has 0 spiro atoms. The Morgan fingerprint density at radius 3 is 1.88 bits per heavy atom. The third-order valence-corrected chi connectivity index (χ3v) is 3.56. The molecule has 8 nitrogen and oxygen atoms in total. The molecule has 0 aliphatic rings. The normalized spacial score (nSPS) is 10.0. The fourth-order valence-electron chi connectivity index (χ4n) is 2.28. The number of hydrogen-bond acceptors (Lipinski definition) is 7. The standard InChI is InChI=1S/C18H19NO7/c1-22-11-5-6-12(17(19)20)13(9-11)26-18(21)10-7-14(23-2)16(25-4)15(8-10)24-3/h5-9H,1-4H3,(H2,19,20). The number of rotatable bonds is 7. The lowest BCUT2D eigenvalue weighted by atomic mass is 10.1. The van der Waals surface area contributed by atoms with Crippen LogP contribution in [0, 0.1) is 0 Å². The van der Waals surface area contributed by atoms with E-state index >= 15 is 0 Å². The van der Waals surface area contributed by atoms with E-state index in [9.17, 15) is 9.59 Å². The van der Waals surface area contributed by atoms with Gasteiger partial charge >= 0.3 is 5.97 Å². The summed E-state index contributed by atoms with van der Waals surface area (Å²) in [6.07, 6.45) is 0. The number of nitrogens with two attached hydrogens (primary N) is 1. The maximum absolute atomic E-state index is 12.6. The van der Waals surface area contributed by atoms with Crippen LogP contribution in [0.5, 0.6) is 28.7 Å². The Morgan fingerprint density at radius 2 is 1.42 bits per heavy atom. The van der Waals surface area contributed by atoms with E-state index in [1.165, 1.54) is 58.8 Å². The van der Waals surface area contributed by atoms with Gasteiger partial charge < -0.3 is 29.4 Å². The summed E-state index contributed by atoms with van der Waals surface area (Å²) in [6.45, 7) is 0. The molecular weight excluding hydrogens is 342 g/mol. The van der Waals surface area contributed by atoms with Crippen molar-refractivity contribution >= 4 is 11.9 Å². The summed E-state index contributed by atoms with van der Waals surface area (Å²) in [5.74, 6) is -0.163. The summed E-state index contributed by atoms with van der Waals surface area (Å²) in [4.78, 5) is 24.1. The van der Waals surface area contributed by atoms with Crippen LogP contribution in [0.2, 0.25) is 0 Å². The minimum Gasteiger partial charge on any atom is -0.497 e. The monoisotopic (exact) mass is 361 g/mol. The topological polar surface area (TPSA) is 106 Å². The van der Waals surface area contributed by atoms with Crippen molar-refractivity contribution in [3.63, 3.8) is 0 Å². The predicted molar refractivity (Wildman–Crippen MR) is 92.6 cm³/mol. The molecule has 0 bridgehead atoms. The number of ether oxygens (including phenoxy) is 5. The average Bonchev–Trinajstić information content (AvgIpc) is 2.66. The molecule has 0 atom stereocenters. The van der Waals surface area contributed by atoms with Gasteiger partial charge in [0.25, 0.3) is 5.91 Å². The molecule has 138 valence electrons. The number of amides is 1. The van der Waals surface area contributed by atoms with Gasteiger partial charge in [0.05, 0.1) is 39.6 Å². The minimum absolute atomic E-state index is 0.0180. The number of carbonyl (C=O) groups excluding carboxylic acids is 2. The Bertz CT molecular complexity index is 807. The van der Waals surface area contributed by atoms with Crippen LogP contribution in [-0.4, -0.2) is 40.3 Å². The third-order valence-electron chi connectivity index (χ3n) is 3.56. The van der Waals surface area contributed by atoms with Gasteiger partial charge in [-0.15, -0.1) is 0 Å². The molecule has 0 aliphatic carbocycles. The smallest absolute Gasteiger partial charge is 0.343 e. The fourth-order valence-corrected chi connectivity index (χ4v) is 2.28. The molecule has 0 aliphatic heterocycles. The van der Waals surface area contributed by atoms with Gasteiger partial charge in [0.1, 0.15) is 11.5 Å². The second kappa shape index (κ2) is 8.11. The van der Waals surface area contributed by atoms with E-state index in [1.54, 1.807) is 0 Å². The summed E-state index contributed by atoms with van der Waals surface area (Å²) in [6, 6.07) is 7.23.